The fourth-order valence-electron chi connectivity index (χ4n) is 4.76. The molecule has 0 bridgehead atoms. The van der Waals surface area contributed by atoms with Gasteiger partial charge in [0.05, 0.1) is 30.6 Å². The van der Waals surface area contributed by atoms with Crippen LogP contribution >= 0.6 is 12.2 Å². The van der Waals surface area contributed by atoms with Crippen molar-refractivity contribution in [2.45, 2.75) is 44.8 Å². The van der Waals surface area contributed by atoms with E-state index in [0.717, 1.165) is 17.1 Å². The molecule has 2 atom stereocenters. The van der Waals surface area contributed by atoms with Gasteiger partial charge in [-0.05, 0) is 74.8 Å². The van der Waals surface area contributed by atoms with E-state index in [0.29, 0.717) is 11.2 Å². The molecule has 1 saturated heterocycles. The SMILES string of the molecule is COc1ccccc1N1C(=S)NC(c2ccccn2)C1c1cc(C)n(C2CC2)c1C. The van der Waals surface area contributed by atoms with E-state index < -0.39 is 0 Å². The molecule has 1 aliphatic heterocycles. The van der Waals surface area contributed by atoms with Gasteiger partial charge >= 0.3 is 0 Å². The number of nitrogens with zero attached hydrogens (tertiary/aromatic N) is 3. The quantitative estimate of drug-likeness (QED) is 0.589. The van der Waals surface area contributed by atoms with Crippen LogP contribution in [-0.4, -0.2) is 21.8 Å². The van der Waals surface area contributed by atoms with Crippen LogP contribution in [0.1, 0.15) is 53.6 Å². The van der Waals surface area contributed by atoms with Gasteiger partial charge in [0, 0.05) is 23.6 Å². The summed E-state index contributed by atoms with van der Waals surface area (Å²) in [6, 6.07) is 17.0. The predicted molar refractivity (Wildman–Crippen MR) is 123 cm³/mol. The molecule has 2 unspecified atom stereocenters. The number of nitrogens with one attached hydrogen (secondary N) is 1. The number of hydrogen-bond donors (Lipinski definition) is 1. The fraction of sp³-hybridized carbons (Fsp3) is 0.333. The highest BCUT2D eigenvalue weighted by molar-refractivity contribution is 7.80. The number of methoxy groups -OCH3 is 1. The Kier molecular flexibility index (Phi) is 4.74. The van der Waals surface area contributed by atoms with Crippen LogP contribution < -0.4 is 15.0 Å². The molecule has 0 radical (unpaired) electrons. The van der Waals surface area contributed by atoms with E-state index in [-0.39, 0.29) is 12.1 Å². The average Bonchev–Trinajstić information content (AvgIpc) is 3.48. The lowest BCUT2D eigenvalue weighted by Crippen LogP contribution is -2.30. The van der Waals surface area contributed by atoms with Gasteiger partial charge in [-0.1, -0.05) is 18.2 Å². The van der Waals surface area contributed by atoms with Crippen molar-refractivity contribution in [1.29, 1.82) is 0 Å². The molecule has 6 heteroatoms. The smallest absolute Gasteiger partial charge is 0.174 e. The summed E-state index contributed by atoms with van der Waals surface area (Å²) in [4.78, 5) is 6.86. The van der Waals surface area contributed by atoms with E-state index in [4.69, 9.17) is 17.0 Å². The van der Waals surface area contributed by atoms with E-state index in [1.807, 2.05) is 36.5 Å². The molecule has 3 heterocycles. The first-order valence-electron chi connectivity index (χ1n) is 10.4. The molecule has 1 N–H and O–H groups in total. The Hall–Kier alpha value is -2.86. The molecule has 3 aromatic rings. The van der Waals surface area contributed by atoms with Crippen LogP contribution in [0.2, 0.25) is 0 Å². The van der Waals surface area contributed by atoms with Gasteiger partial charge in [-0.2, -0.15) is 0 Å². The van der Waals surface area contributed by atoms with Gasteiger partial charge in [-0.15, -0.1) is 0 Å². The molecule has 2 aliphatic rings. The van der Waals surface area contributed by atoms with Gasteiger partial charge in [0.2, 0.25) is 0 Å². The second kappa shape index (κ2) is 7.43. The van der Waals surface area contributed by atoms with Gasteiger partial charge in [-0.25, -0.2) is 0 Å². The van der Waals surface area contributed by atoms with Gasteiger partial charge in [0.15, 0.2) is 5.11 Å². The highest BCUT2D eigenvalue weighted by Gasteiger charge is 2.43. The largest absolute Gasteiger partial charge is 0.495 e. The number of pyridine rings is 1. The Bertz CT molecular complexity index is 1090. The molecule has 1 saturated carbocycles. The topological polar surface area (TPSA) is 42.3 Å². The first-order valence-corrected chi connectivity index (χ1v) is 10.8. The van der Waals surface area contributed by atoms with Crippen molar-refractivity contribution in [2.24, 2.45) is 0 Å². The molecule has 1 aliphatic carbocycles. The number of thiocarbonyl (C=S) groups is 1. The van der Waals surface area contributed by atoms with E-state index in [9.17, 15) is 0 Å². The van der Waals surface area contributed by atoms with Crippen molar-refractivity contribution >= 4 is 23.0 Å². The lowest BCUT2D eigenvalue weighted by Gasteiger charge is -2.29. The number of ether oxygens (including phenoxy) is 1. The minimum atomic E-state index is -0.0447. The van der Waals surface area contributed by atoms with Crippen LogP contribution in [0.25, 0.3) is 0 Å². The molecule has 5 nitrogen and oxygen atoms in total. The Morgan fingerprint density at radius 1 is 1.10 bits per heavy atom. The van der Waals surface area contributed by atoms with Gasteiger partial charge in [-0.3, -0.25) is 4.98 Å². The Morgan fingerprint density at radius 3 is 2.57 bits per heavy atom. The van der Waals surface area contributed by atoms with Gasteiger partial charge in [0.1, 0.15) is 5.75 Å². The first kappa shape index (κ1) is 19.1. The van der Waals surface area contributed by atoms with E-state index in [1.165, 1.54) is 29.8 Å². The molecule has 2 aromatic heterocycles. The number of benzene rings is 1. The van der Waals surface area contributed by atoms with Gasteiger partial charge < -0.3 is 19.5 Å². The van der Waals surface area contributed by atoms with E-state index in [2.05, 4.69) is 51.8 Å². The van der Waals surface area contributed by atoms with Crippen molar-refractivity contribution in [3.05, 3.63) is 77.4 Å². The summed E-state index contributed by atoms with van der Waals surface area (Å²) in [5, 5.41) is 4.24. The zero-order valence-electron chi connectivity index (χ0n) is 17.5. The molecular weight excluding hydrogens is 392 g/mol. The molecule has 0 amide bonds. The van der Waals surface area contributed by atoms with Crippen molar-refractivity contribution in [1.82, 2.24) is 14.9 Å². The van der Waals surface area contributed by atoms with E-state index >= 15 is 0 Å². The highest BCUT2D eigenvalue weighted by atomic mass is 32.1. The third-order valence-corrected chi connectivity index (χ3v) is 6.51. The maximum absolute atomic E-state index is 5.86. The Balaban J connectivity index is 1.68. The fourth-order valence-corrected chi connectivity index (χ4v) is 5.09. The summed E-state index contributed by atoms with van der Waals surface area (Å²) < 4.78 is 8.18. The lowest BCUT2D eigenvalue weighted by atomic mass is 9.96. The number of rotatable bonds is 5. The Morgan fingerprint density at radius 2 is 1.87 bits per heavy atom. The van der Waals surface area contributed by atoms with Crippen LogP contribution in [0.3, 0.4) is 0 Å². The second-order valence-corrected chi connectivity index (χ2v) is 8.48. The van der Waals surface area contributed by atoms with Crippen molar-refractivity contribution in [2.75, 3.05) is 12.0 Å². The third kappa shape index (κ3) is 3.06. The van der Waals surface area contributed by atoms with E-state index in [1.54, 1.807) is 7.11 Å². The summed E-state index contributed by atoms with van der Waals surface area (Å²) >= 11 is 5.86. The third-order valence-electron chi connectivity index (χ3n) is 6.20. The van der Waals surface area contributed by atoms with Crippen LogP contribution in [-0.2, 0) is 0 Å². The lowest BCUT2D eigenvalue weighted by molar-refractivity contribution is 0.414. The number of hydrogen-bond acceptors (Lipinski definition) is 3. The molecular formula is C24H26N4OS. The summed E-state index contributed by atoms with van der Waals surface area (Å²) in [7, 11) is 1.70. The van der Waals surface area contributed by atoms with Crippen molar-refractivity contribution < 1.29 is 4.74 Å². The molecule has 154 valence electrons. The number of para-hydroxylation sites is 2. The van der Waals surface area contributed by atoms with Gasteiger partial charge in [0.25, 0.3) is 0 Å². The number of aromatic nitrogens is 2. The average molecular weight is 419 g/mol. The Labute approximate surface area is 182 Å². The molecule has 2 fully saturated rings. The number of anilines is 1. The summed E-state index contributed by atoms with van der Waals surface area (Å²) in [5.74, 6) is 0.810. The van der Waals surface area contributed by atoms with Crippen molar-refractivity contribution in [3.8, 4) is 5.75 Å². The highest BCUT2D eigenvalue weighted by Crippen LogP contribution is 2.47. The predicted octanol–water partition coefficient (Wildman–Crippen LogP) is 5.02. The zero-order chi connectivity index (χ0) is 20.8. The monoisotopic (exact) mass is 418 g/mol. The molecule has 0 spiro atoms. The minimum absolute atomic E-state index is 0.0117. The summed E-state index contributed by atoms with van der Waals surface area (Å²) in [6.07, 6.45) is 4.37. The van der Waals surface area contributed by atoms with Crippen LogP contribution in [0.4, 0.5) is 5.69 Å². The van der Waals surface area contributed by atoms with Crippen molar-refractivity contribution in [3.63, 3.8) is 0 Å². The molecule has 30 heavy (non-hydrogen) atoms. The molecule has 1 aromatic carbocycles. The summed E-state index contributed by atoms with van der Waals surface area (Å²) in [6.45, 7) is 4.44. The zero-order valence-corrected chi connectivity index (χ0v) is 18.3. The first-order chi connectivity index (χ1) is 14.6. The molecule has 5 rings (SSSR count). The van der Waals surface area contributed by atoms with Crippen LogP contribution in [0.15, 0.2) is 54.7 Å². The van der Waals surface area contributed by atoms with Crippen LogP contribution in [0, 0.1) is 13.8 Å². The number of aryl methyl sites for hydroxylation is 1. The van der Waals surface area contributed by atoms with Crippen LogP contribution in [0.5, 0.6) is 5.75 Å². The summed E-state index contributed by atoms with van der Waals surface area (Å²) in [5.41, 5.74) is 5.86. The normalized spacial score (nSPS) is 21.0. The maximum Gasteiger partial charge on any atom is 0.174 e. The minimum Gasteiger partial charge on any atom is -0.495 e. The maximum atomic E-state index is 5.86. The second-order valence-electron chi connectivity index (χ2n) is 8.10. The standard InChI is InChI=1S/C24H26N4OS/c1-15-14-18(16(2)27(15)17-11-12-17)23-22(19-8-6-7-13-25-19)26-24(30)28(23)20-9-4-5-10-21(20)29-3/h4-10,13-14,17,22-23H,11-12H2,1-3H3,(H,26,30).